The van der Waals surface area contributed by atoms with Crippen LogP contribution in [0.3, 0.4) is 0 Å². The van der Waals surface area contributed by atoms with E-state index in [1.54, 1.807) is 6.07 Å². The summed E-state index contributed by atoms with van der Waals surface area (Å²) in [5.41, 5.74) is 1.23. The number of aromatic nitrogens is 2. The standard InChI is InChI=1S/C25H36AsFN4O4/c1-7-17(8-23(32)33)19-9-22(31-24(34)30-18-13-28-25(35-6)29-14-18)20(10-21(19)27)26(11-15(2)3)12-16(4)5/h9-10,13-17H,7-8,11-12H2,1-6H3,(H,32,33)(H2,30,31,34). The van der Waals surface area contributed by atoms with Crippen LogP contribution in [0.15, 0.2) is 24.5 Å². The van der Waals surface area contributed by atoms with Crippen LogP contribution in [0.5, 0.6) is 6.01 Å². The number of amides is 2. The summed E-state index contributed by atoms with van der Waals surface area (Å²) in [5.74, 6) is -1.01. The van der Waals surface area contributed by atoms with Gasteiger partial charge in [0.2, 0.25) is 0 Å². The number of benzene rings is 1. The van der Waals surface area contributed by atoms with Crippen LogP contribution in [0.4, 0.5) is 20.6 Å². The van der Waals surface area contributed by atoms with Gasteiger partial charge in [-0.1, -0.05) is 0 Å². The van der Waals surface area contributed by atoms with Gasteiger partial charge in [-0.2, -0.15) is 0 Å². The van der Waals surface area contributed by atoms with E-state index >= 15 is 4.39 Å². The number of anilines is 2. The van der Waals surface area contributed by atoms with Crippen LogP contribution < -0.4 is 19.7 Å². The predicted molar refractivity (Wildman–Crippen MR) is 138 cm³/mol. The number of nitrogens with zero attached hydrogens (tertiary/aromatic N) is 2. The van der Waals surface area contributed by atoms with Gasteiger partial charge >= 0.3 is 211 Å². The Bertz CT molecular complexity index is 992. The molecule has 0 fully saturated rings. The molecule has 8 nitrogen and oxygen atoms in total. The van der Waals surface area contributed by atoms with Crippen molar-refractivity contribution in [2.24, 2.45) is 11.8 Å². The first-order chi connectivity index (χ1) is 16.5. The molecule has 2 rings (SSSR count). The van der Waals surface area contributed by atoms with Crippen LogP contribution in [-0.4, -0.2) is 48.8 Å². The fourth-order valence-corrected chi connectivity index (χ4v) is 10.3. The molecule has 0 radical (unpaired) electrons. The third kappa shape index (κ3) is 8.80. The number of carboxylic acid groups (broad SMARTS) is 1. The van der Waals surface area contributed by atoms with Crippen molar-refractivity contribution in [1.29, 1.82) is 0 Å². The summed E-state index contributed by atoms with van der Waals surface area (Å²) in [5, 5.41) is 16.8. The first-order valence-electron chi connectivity index (χ1n) is 11.8. The molecule has 1 atom stereocenters. The van der Waals surface area contributed by atoms with Crippen LogP contribution >= 0.6 is 0 Å². The summed E-state index contributed by atoms with van der Waals surface area (Å²) in [6.45, 7) is 10.4. The van der Waals surface area contributed by atoms with E-state index in [-0.39, 0.29) is 12.4 Å². The fourth-order valence-electron chi connectivity index (χ4n) is 3.86. The molecule has 0 spiro atoms. The SMILES string of the molecule is CCC(CC(=O)O)c1cc(NC(=O)Nc2cnc(OC)nc2)c([As](CC(C)C)CC(C)C)cc1F. The third-order valence-corrected chi connectivity index (χ3v) is 12.4. The molecule has 1 aromatic carbocycles. The van der Waals surface area contributed by atoms with Crippen molar-refractivity contribution in [2.75, 3.05) is 17.7 Å². The van der Waals surface area contributed by atoms with Gasteiger partial charge < -0.3 is 0 Å². The number of methoxy groups -OCH3 is 1. The van der Waals surface area contributed by atoms with Gasteiger partial charge in [-0.15, -0.1) is 0 Å². The topological polar surface area (TPSA) is 113 Å². The maximum absolute atomic E-state index is 15.4. The number of hydrogen-bond donors (Lipinski definition) is 3. The number of halogens is 1. The predicted octanol–water partition coefficient (Wildman–Crippen LogP) is 5.25. The number of nitrogens with one attached hydrogen (secondary N) is 2. The van der Waals surface area contributed by atoms with Gasteiger partial charge in [0.25, 0.3) is 0 Å². The van der Waals surface area contributed by atoms with Gasteiger partial charge in [-0.25, -0.2) is 0 Å². The molecule has 0 saturated heterocycles. The van der Waals surface area contributed by atoms with Gasteiger partial charge in [0.1, 0.15) is 0 Å². The van der Waals surface area contributed by atoms with Gasteiger partial charge in [-0.05, 0) is 0 Å². The Balaban J connectivity index is 2.47. The molecular weight excluding hydrogens is 514 g/mol. The summed E-state index contributed by atoms with van der Waals surface area (Å²) in [6.07, 6.45) is 3.15. The van der Waals surface area contributed by atoms with Crippen LogP contribution in [0.25, 0.3) is 0 Å². The van der Waals surface area contributed by atoms with E-state index in [1.165, 1.54) is 25.6 Å². The number of rotatable bonds is 12. The summed E-state index contributed by atoms with van der Waals surface area (Å²) >= 11 is -1.74. The van der Waals surface area contributed by atoms with E-state index in [4.69, 9.17) is 4.74 Å². The zero-order chi connectivity index (χ0) is 26.1. The first-order valence-corrected chi connectivity index (χ1v) is 15.4. The summed E-state index contributed by atoms with van der Waals surface area (Å²) in [7, 11) is 1.45. The second-order valence-corrected chi connectivity index (χ2v) is 14.1. The molecule has 35 heavy (non-hydrogen) atoms. The van der Waals surface area contributed by atoms with Crippen LogP contribution in [0, 0.1) is 17.7 Å². The van der Waals surface area contributed by atoms with Crippen molar-refractivity contribution >= 4 is 42.4 Å². The molecule has 0 aliphatic carbocycles. The molecule has 0 aliphatic heterocycles. The molecule has 0 bridgehead atoms. The Morgan fingerprint density at radius 2 is 1.69 bits per heavy atom. The number of hydrogen-bond acceptors (Lipinski definition) is 5. The normalized spacial score (nSPS) is 12.2. The molecule has 0 saturated carbocycles. The Kier molecular flexibility index (Phi) is 11.0. The van der Waals surface area contributed by atoms with Crippen molar-refractivity contribution in [1.82, 2.24) is 9.97 Å². The molecule has 2 aromatic rings. The molecule has 1 unspecified atom stereocenters. The minimum atomic E-state index is -1.74. The van der Waals surface area contributed by atoms with Gasteiger partial charge in [-0.3, -0.25) is 0 Å². The third-order valence-electron chi connectivity index (χ3n) is 5.30. The van der Waals surface area contributed by atoms with Crippen molar-refractivity contribution in [3.63, 3.8) is 0 Å². The number of ether oxygens (including phenoxy) is 1. The van der Waals surface area contributed by atoms with Crippen molar-refractivity contribution < 1.29 is 23.8 Å². The van der Waals surface area contributed by atoms with E-state index in [1.807, 2.05) is 6.92 Å². The molecule has 1 aromatic heterocycles. The summed E-state index contributed by atoms with van der Waals surface area (Å²) in [4.78, 5) is 32.2. The number of urea groups is 1. The van der Waals surface area contributed by atoms with Gasteiger partial charge in [0.05, 0.1) is 0 Å². The Hall–Kier alpha value is -2.67. The van der Waals surface area contributed by atoms with Crippen LogP contribution in [-0.2, 0) is 4.79 Å². The second-order valence-electron chi connectivity index (χ2n) is 9.32. The number of carboxylic acids is 1. The first kappa shape index (κ1) is 28.6. The molecule has 3 N–H and O–H groups in total. The maximum atomic E-state index is 15.4. The van der Waals surface area contributed by atoms with E-state index in [2.05, 4.69) is 48.3 Å². The van der Waals surface area contributed by atoms with Crippen molar-refractivity contribution in [3.05, 3.63) is 35.9 Å². The second kappa shape index (κ2) is 13.4. The average molecular weight is 551 g/mol. The van der Waals surface area contributed by atoms with E-state index in [0.29, 0.717) is 35.2 Å². The summed E-state index contributed by atoms with van der Waals surface area (Å²) in [6, 6.07) is 2.85. The zero-order valence-corrected chi connectivity index (χ0v) is 23.1. The molecule has 10 heteroatoms. The monoisotopic (exact) mass is 550 g/mol. The molecule has 1 heterocycles. The zero-order valence-electron chi connectivity index (χ0n) is 21.3. The minimum absolute atomic E-state index is 0.180. The van der Waals surface area contributed by atoms with Gasteiger partial charge in [0, 0.05) is 0 Å². The summed E-state index contributed by atoms with van der Waals surface area (Å²) < 4.78 is 21.2. The Morgan fingerprint density at radius 3 is 2.17 bits per heavy atom. The Labute approximate surface area is 211 Å². The Morgan fingerprint density at radius 1 is 1.09 bits per heavy atom. The van der Waals surface area contributed by atoms with E-state index < -0.39 is 38.4 Å². The quantitative estimate of drug-likeness (QED) is 0.311. The molecule has 2 amide bonds. The van der Waals surface area contributed by atoms with Gasteiger partial charge in [0.15, 0.2) is 0 Å². The molecule has 192 valence electrons. The number of carbonyl (C=O) groups is 2. The average Bonchev–Trinajstić information content (AvgIpc) is 2.77. The van der Waals surface area contributed by atoms with Crippen LogP contribution in [0.1, 0.15) is 58.9 Å². The van der Waals surface area contributed by atoms with Crippen molar-refractivity contribution in [2.45, 2.75) is 63.8 Å². The van der Waals surface area contributed by atoms with Crippen molar-refractivity contribution in [3.8, 4) is 6.01 Å². The van der Waals surface area contributed by atoms with E-state index in [0.717, 1.165) is 14.8 Å². The number of aliphatic carboxylic acids is 1. The number of carbonyl (C=O) groups excluding carboxylic acids is 1. The molecular formula is C25H36AsFN4O4. The van der Waals surface area contributed by atoms with E-state index in [9.17, 15) is 14.7 Å². The van der Waals surface area contributed by atoms with Crippen LogP contribution in [0.2, 0.25) is 10.4 Å². The molecule has 0 aliphatic rings. The fraction of sp³-hybridized carbons (Fsp3) is 0.520.